The quantitative estimate of drug-likeness (QED) is 0.428. The van der Waals surface area contributed by atoms with Crippen LogP contribution in [0.2, 0.25) is 0 Å². The summed E-state index contributed by atoms with van der Waals surface area (Å²) in [6, 6.07) is 0. The van der Waals surface area contributed by atoms with Gasteiger partial charge in [-0.05, 0) is 0 Å². The zero-order valence-electron chi connectivity index (χ0n) is 9.68. The Hall–Kier alpha value is -0.570. The molecule has 10 heavy (non-hydrogen) atoms. The van der Waals surface area contributed by atoms with Crippen LogP contribution in [0, 0.1) is 0 Å². The summed E-state index contributed by atoms with van der Waals surface area (Å²) < 4.78 is 25.4. The molecule has 0 rings (SSSR count). The third-order valence-electron chi connectivity index (χ3n) is 0.995. The van der Waals surface area contributed by atoms with Crippen molar-refractivity contribution in [2.45, 2.75) is 6.85 Å². The van der Waals surface area contributed by atoms with Crippen LogP contribution in [0.1, 0.15) is 11.0 Å². The van der Waals surface area contributed by atoms with Gasteiger partial charge in [-0.15, -0.1) is 0 Å². The van der Waals surface area contributed by atoms with Crippen LogP contribution in [-0.4, -0.2) is 44.7 Å². The van der Waals surface area contributed by atoms with E-state index >= 15 is 0 Å². The zero-order valence-corrected chi connectivity index (χ0v) is 6.68. The number of ether oxygens (including phenoxy) is 1. The minimum absolute atomic E-state index is 0.140. The fourth-order valence-corrected chi connectivity index (χ4v) is 0.412. The summed E-state index contributed by atoms with van der Waals surface area (Å²) in [5, 5.41) is 0. The Morgan fingerprint density at radius 1 is 1.60 bits per heavy atom. The Bertz CT molecular complexity index is 183. The van der Waals surface area contributed by atoms with Gasteiger partial charge in [-0.3, -0.25) is 4.79 Å². The molecule has 3 heteroatoms. The van der Waals surface area contributed by atoms with E-state index in [2.05, 4.69) is 4.74 Å². The Kier molecular flexibility index (Phi) is 1.83. The molecule has 0 aliphatic carbocycles. The molecular weight excluding hydrogens is 130 g/mol. The van der Waals surface area contributed by atoms with Crippen molar-refractivity contribution in [3.8, 4) is 0 Å². The second-order valence-electron chi connectivity index (χ2n) is 3.15. The van der Waals surface area contributed by atoms with Gasteiger partial charge in [0.25, 0.3) is 0 Å². The highest BCUT2D eigenvalue weighted by atomic mass is 16.5. The number of likely N-dealkylation sites (N-methyl/N-ethyl adjacent to an activating group) is 1. The van der Waals surface area contributed by atoms with Crippen LogP contribution in [-0.2, 0) is 9.53 Å². The average molecular weight is 152 g/mol. The van der Waals surface area contributed by atoms with E-state index < -0.39 is 12.8 Å². The molecule has 0 saturated carbocycles. The van der Waals surface area contributed by atoms with Gasteiger partial charge in [0.2, 0.25) is 0 Å². The van der Waals surface area contributed by atoms with Crippen molar-refractivity contribution < 1.29 is 18.1 Å². The van der Waals surface area contributed by atoms with Gasteiger partial charge in [0.1, 0.15) is 13.2 Å². The average Bonchev–Trinajstić information content (AvgIpc) is 1.82. The molecule has 0 N–H and O–H groups in total. The molecule has 0 aromatic rings. The lowest BCUT2D eigenvalue weighted by atomic mass is 10.5. The summed E-state index contributed by atoms with van der Waals surface area (Å²) >= 11 is 0. The van der Waals surface area contributed by atoms with Gasteiger partial charge < -0.3 is 9.22 Å². The van der Waals surface area contributed by atoms with E-state index in [9.17, 15) is 4.79 Å². The fraction of sp³-hybridized carbons (Fsp3) is 0.857. The first-order valence-corrected chi connectivity index (χ1v) is 3.10. The van der Waals surface area contributed by atoms with Gasteiger partial charge in [0.15, 0.2) is 0 Å². The summed E-state index contributed by atoms with van der Waals surface area (Å²) in [7, 11) is 5.80. The Labute approximate surface area is 66.4 Å². The Balaban J connectivity index is 3.74. The summed E-state index contributed by atoms with van der Waals surface area (Å²) in [6.07, 6.45) is 0. The van der Waals surface area contributed by atoms with E-state index in [1.165, 1.54) is 0 Å². The molecule has 0 amide bonds. The monoisotopic (exact) mass is 152 g/mol. The van der Waals surface area contributed by atoms with Crippen LogP contribution in [0.4, 0.5) is 0 Å². The van der Waals surface area contributed by atoms with Crippen LogP contribution < -0.4 is 0 Å². The maximum Gasteiger partial charge on any atom is 0.302 e. The van der Waals surface area contributed by atoms with Gasteiger partial charge in [0.05, 0.1) is 21.1 Å². The fourth-order valence-electron chi connectivity index (χ4n) is 0.412. The molecule has 0 aromatic heterocycles. The predicted molar refractivity (Wildman–Crippen MR) is 39.5 cm³/mol. The molecule has 60 valence electrons. The molecule has 0 radical (unpaired) electrons. The molecule has 0 heterocycles. The van der Waals surface area contributed by atoms with Gasteiger partial charge in [-0.2, -0.15) is 0 Å². The van der Waals surface area contributed by atoms with Crippen molar-refractivity contribution in [3.05, 3.63) is 0 Å². The van der Waals surface area contributed by atoms with Crippen LogP contribution in [0.15, 0.2) is 0 Å². The van der Waals surface area contributed by atoms with Crippen molar-refractivity contribution in [1.29, 1.82) is 0 Å². The maximum absolute atomic E-state index is 10.8. The van der Waals surface area contributed by atoms with Crippen molar-refractivity contribution in [3.63, 3.8) is 0 Å². The Morgan fingerprint density at radius 2 is 2.20 bits per heavy atom. The standard InChI is InChI=1S/C7H16NO2/c1-7(9)10-6-5-8(2,3)4/h5-6H2,1-4H3/q+1/i1T3. The number of rotatable bonds is 3. The third kappa shape index (κ3) is 7.43. The normalized spacial score (nSPS) is 16.9. The highest BCUT2D eigenvalue weighted by Gasteiger charge is 2.06. The van der Waals surface area contributed by atoms with Crippen molar-refractivity contribution in [2.75, 3.05) is 34.3 Å². The highest BCUT2D eigenvalue weighted by molar-refractivity contribution is 5.65. The zero-order chi connectivity index (χ0) is 10.7. The largest absolute Gasteiger partial charge is 0.460 e. The number of quaternary nitrogens is 1. The van der Waals surface area contributed by atoms with Gasteiger partial charge in [-0.25, -0.2) is 0 Å². The lowest BCUT2D eigenvalue weighted by molar-refractivity contribution is -0.870. The third-order valence-corrected chi connectivity index (χ3v) is 0.995. The Morgan fingerprint density at radius 3 is 2.60 bits per heavy atom. The van der Waals surface area contributed by atoms with Gasteiger partial charge in [0, 0.05) is 11.0 Å². The topological polar surface area (TPSA) is 26.3 Å². The van der Waals surface area contributed by atoms with Gasteiger partial charge >= 0.3 is 5.97 Å². The van der Waals surface area contributed by atoms with E-state index in [1.54, 1.807) is 0 Å². The van der Waals surface area contributed by atoms with E-state index in [4.69, 9.17) is 4.11 Å². The first-order chi connectivity index (χ1) is 5.63. The van der Waals surface area contributed by atoms with Crippen molar-refractivity contribution in [2.24, 2.45) is 0 Å². The molecule has 3 nitrogen and oxygen atoms in total. The van der Waals surface area contributed by atoms with Crippen molar-refractivity contribution in [1.82, 2.24) is 0 Å². The molecule has 0 unspecified atom stereocenters. The number of carbonyl (C=O) groups is 1. The van der Waals surface area contributed by atoms with E-state index in [0.29, 0.717) is 11.0 Å². The number of hydrogen-bond acceptors (Lipinski definition) is 2. The summed E-state index contributed by atoms with van der Waals surface area (Å²) in [5.41, 5.74) is 0. The molecule has 0 aliphatic heterocycles. The second kappa shape index (κ2) is 3.56. The molecule has 0 bridgehead atoms. The molecule has 0 spiro atoms. The number of nitrogens with zero attached hydrogens (tertiary/aromatic N) is 1. The summed E-state index contributed by atoms with van der Waals surface area (Å²) in [4.78, 5) is 10.8. The minimum Gasteiger partial charge on any atom is -0.460 e. The molecule has 0 saturated heterocycles. The molecule has 0 aromatic carbocycles. The second-order valence-corrected chi connectivity index (χ2v) is 3.15. The summed E-state index contributed by atoms with van der Waals surface area (Å²) in [6.45, 7) is -1.90. The molecule has 0 aliphatic rings. The number of esters is 1. The first-order valence-electron chi connectivity index (χ1n) is 4.60. The van der Waals surface area contributed by atoms with Crippen LogP contribution in [0.3, 0.4) is 0 Å². The number of carbonyl (C=O) groups excluding carboxylic acids is 1. The number of hydrogen-bond donors (Lipinski definition) is 0. The van der Waals surface area contributed by atoms with Crippen LogP contribution >= 0.6 is 0 Å². The minimum atomic E-state index is -2.63. The van der Waals surface area contributed by atoms with Crippen LogP contribution in [0.5, 0.6) is 0 Å². The molecular formula is C7H16NO2+. The van der Waals surface area contributed by atoms with E-state index in [-0.39, 0.29) is 6.61 Å². The SMILES string of the molecule is [3H]C([3H])([3H])C(=O)OCC[N+](C)(C)C. The van der Waals surface area contributed by atoms with Crippen LogP contribution in [0.25, 0.3) is 0 Å². The predicted octanol–water partition coefficient (Wildman–Crippen LogP) is 0.256. The maximum atomic E-state index is 10.8. The van der Waals surface area contributed by atoms with E-state index in [0.717, 1.165) is 0 Å². The summed E-state index contributed by atoms with van der Waals surface area (Å²) in [5.74, 6) is -1.12. The van der Waals surface area contributed by atoms with Gasteiger partial charge in [-0.1, -0.05) is 0 Å². The van der Waals surface area contributed by atoms with Crippen molar-refractivity contribution >= 4 is 5.97 Å². The highest BCUT2D eigenvalue weighted by Crippen LogP contribution is 1.88. The lowest BCUT2D eigenvalue weighted by Crippen LogP contribution is -2.37. The molecule has 0 atom stereocenters. The lowest BCUT2D eigenvalue weighted by Gasteiger charge is -2.23. The first kappa shape index (κ1) is 5.13. The smallest absolute Gasteiger partial charge is 0.302 e. The van der Waals surface area contributed by atoms with E-state index in [1.807, 2.05) is 21.1 Å². The molecule has 0 fully saturated rings.